The number of hydrogen-bond acceptors (Lipinski definition) is 11. The third-order valence-corrected chi connectivity index (χ3v) is 7.24. The first-order valence-corrected chi connectivity index (χ1v) is 12.0. The standard InChI is InChI=1S/C10H21N5O2.C10H24N4O2/c11-4-7-1-10(15(16)17)2-8(5-12)14(7)9(3-10)6-13;11-7-1-4-10(14(15)16,5-2-8-12)6-3-9-13/h7-9H,1-6,11-13H2;1-9,11-13H2/t7-,8?,9?,10?;/m1./s1. The Hall–Kier alpha value is -1.48. The van der Waals surface area contributed by atoms with Crippen LogP contribution in [0, 0.1) is 20.2 Å². The van der Waals surface area contributed by atoms with Gasteiger partial charge < -0.3 is 34.4 Å². The number of nitro groups is 2. The zero-order valence-corrected chi connectivity index (χ0v) is 19.8. The Kier molecular flexibility index (Phi) is 12.6. The molecule has 0 amide bonds. The number of nitrogens with two attached hydrogens (primary N) is 6. The minimum atomic E-state index is -0.863. The average molecular weight is 476 g/mol. The van der Waals surface area contributed by atoms with Gasteiger partial charge in [-0.25, -0.2) is 0 Å². The zero-order valence-electron chi connectivity index (χ0n) is 19.8. The molecule has 0 aromatic carbocycles. The first-order valence-electron chi connectivity index (χ1n) is 12.0. The molecule has 3 aliphatic heterocycles. The third kappa shape index (κ3) is 7.25. The molecule has 12 N–H and O–H groups in total. The molecule has 33 heavy (non-hydrogen) atoms. The van der Waals surface area contributed by atoms with Crippen LogP contribution in [0.25, 0.3) is 0 Å². The van der Waals surface area contributed by atoms with Gasteiger partial charge in [0.25, 0.3) is 0 Å². The van der Waals surface area contributed by atoms with E-state index < -0.39 is 11.1 Å². The molecule has 13 nitrogen and oxygen atoms in total. The maximum Gasteiger partial charge on any atom is 0.226 e. The largest absolute Gasteiger partial charge is 0.330 e. The Morgan fingerprint density at radius 1 is 0.727 bits per heavy atom. The van der Waals surface area contributed by atoms with Crippen molar-refractivity contribution >= 4 is 0 Å². The number of rotatable bonds is 14. The molecular weight excluding hydrogens is 430 g/mol. The molecule has 3 heterocycles. The van der Waals surface area contributed by atoms with Crippen molar-refractivity contribution in [3.05, 3.63) is 20.2 Å². The highest BCUT2D eigenvalue weighted by atomic mass is 16.6. The van der Waals surface area contributed by atoms with Crippen LogP contribution in [0.5, 0.6) is 0 Å². The highest BCUT2D eigenvalue weighted by Gasteiger charge is 2.59. The monoisotopic (exact) mass is 475 g/mol. The Balaban J connectivity index is 0.000000331. The number of hydrogen-bond donors (Lipinski definition) is 6. The fourth-order valence-corrected chi connectivity index (χ4v) is 5.56. The molecule has 0 aromatic heterocycles. The Bertz CT molecular complexity index is 552. The van der Waals surface area contributed by atoms with E-state index in [1.165, 1.54) is 0 Å². The van der Waals surface area contributed by atoms with Crippen LogP contribution in [0.2, 0.25) is 0 Å². The summed E-state index contributed by atoms with van der Waals surface area (Å²) in [6.45, 7) is 2.76. The van der Waals surface area contributed by atoms with Gasteiger partial charge in [-0.05, 0) is 38.9 Å². The fourth-order valence-electron chi connectivity index (χ4n) is 5.56. The van der Waals surface area contributed by atoms with Crippen molar-refractivity contribution in [2.75, 3.05) is 39.3 Å². The van der Waals surface area contributed by atoms with Crippen LogP contribution in [0.4, 0.5) is 0 Å². The molecule has 3 rings (SSSR count). The quantitative estimate of drug-likeness (QED) is 0.127. The van der Waals surface area contributed by atoms with E-state index in [0.717, 1.165) is 0 Å². The molecule has 3 atom stereocenters. The van der Waals surface area contributed by atoms with E-state index in [1.54, 1.807) is 0 Å². The Labute approximate surface area is 196 Å². The highest BCUT2D eigenvalue weighted by Crippen LogP contribution is 2.44. The van der Waals surface area contributed by atoms with Gasteiger partial charge in [0.15, 0.2) is 0 Å². The SMILES string of the molecule is NCC1CC2([N+](=O)[O-])CC(CN)N1[C@@H](CN)C2.NCCCC(CCCN)(CCCN)[N+](=O)[O-]. The van der Waals surface area contributed by atoms with Crippen LogP contribution >= 0.6 is 0 Å². The number of nitrogens with zero attached hydrogens (tertiary/aromatic N) is 3. The van der Waals surface area contributed by atoms with Crippen LogP contribution in [0.15, 0.2) is 0 Å². The van der Waals surface area contributed by atoms with Crippen LogP contribution in [0.3, 0.4) is 0 Å². The van der Waals surface area contributed by atoms with Gasteiger partial charge in [0.1, 0.15) is 0 Å². The minimum absolute atomic E-state index is 0.0463. The van der Waals surface area contributed by atoms with Crippen LogP contribution in [-0.4, -0.2) is 83.2 Å². The summed E-state index contributed by atoms with van der Waals surface area (Å²) in [4.78, 5) is 24.5. The van der Waals surface area contributed by atoms with Gasteiger partial charge in [0, 0.05) is 86.1 Å². The van der Waals surface area contributed by atoms with Gasteiger partial charge in [0.05, 0.1) is 0 Å². The zero-order chi connectivity index (χ0) is 25.1. The van der Waals surface area contributed by atoms with Gasteiger partial charge >= 0.3 is 0 Å². The molecule has 0 spiro atoms. The van der Waals surface area contributed by atoms with Crippen molar-refractivity contribution in [1.82, 2.24) is 4.90 Å². The summed E-state index contributed by atoms with van der Waals surface area (Å²) < 4.78 is 0. The molecule has 0 saturated carbocycles. The lowest BCUT2D eigenvalue weighted by Crippen LogP contribution is -2.72. The molecule has 13 heteroatoms. The second-order valence-electron chi connectivity index (χ2n) is 9.37. The van der Waals surface area contributed by atoms with E-state index in [1.807, 2.05) is 0 Å². The van der Waals surface area contributed by atoms with Crippen LogP contribution in [0.1, 0.15) is 57.8 Å². The summed E-state index contributed by atoms with van der Waals surface area (Å²) in [7, 11) is 0. The summed E-state index contributed by atoms with van der Waals surface area (Å²) in [6, 6.07) is 0.139. The summed E-state index contributed by atoms with van der Waals surface area (Å²) in [6.07, 6.45) is 5.20. The normalized spacial score (nSPS) is 28.8. The van der Waals surface area contributed by atoms with Gasteiger partial charge in [-0.2, -0.15) is 0 Å². The van der Waals surface area contributed by atoms with Crippen molar-refractivity contribution < 1.29 is 9.85 Å². The Morgan fingerprint density at radius 3 is 1.27 bits per heavy atom. The summed E-state index contributed by atoms with van der Waals surface area (Å²) >= 11 is 0. The third-order valence-electron chi connectivity index (χ3n) is 7.24. The molecule has 0 radical (unpaired) electrons. The smallest absolute Gasteiger partial charge is 0.226 e. The van der Waals surface area contributed by atoms with Gasteiger partial charge in [-0.1, -0.05) is 0 Å². The second-order valence-corrected chi connectivity index (χ2v) is 9.37. The second kappa shape index (κ2) is 14.0. The predicted octanol–water partition coefficient (Wildman–Crippen LogP) is -1.30. The number of fused-ring (bicyclic) bond motifs is 3. The van der Waals surface area contributed by atoms with E-state index in [9.17, 15) is 20.2 Å². The van der Waals surface area contributed by atoms with Crippen molar-refractivity contribution in [1.29, 1.82) is 0 Å². The summed E-state index contributed by atoms with van der Waals surface area (Å²) in [5.74, 6) is 0. The lowest BCUT2D eigenvalue weighted by Gasteiger charge is -2.55. The van der Waals surface area contributed by atoms with Gasteiger partial charge in [0.2, 0.25) is 11.1 Å². The topological polar surface area (TPSA) is 246 Å². The molecule has 3 saturated heterocycles. The average Bonchev–Trinajstić information content (AvgIpc) is 2.83. The molecule has 194 valence electrons. The molecule has 0 aromatic rings. The summed E-state index contributed by atoms with van der Waals surface area (Å²) in [5.41, 5.74) is 31.8. The van der Waals surface area contributed by atoms with E-state index in [4.69, 9.17) is 34.4 Å². The molecular formula is C20H45N9O4. The molecule has 2 bridgehead atoms. The fraction of sp³-hybridized carbons (Fsp3) is 1.00. The van der Waals surface area contributed by atoms with Crippen molar-refractivity contribution in [2.24, 2.45) is 34.4 Å². The lowest BCUT2D eigenvalue weighted by molar-refractivity contribution is -0.588. The molecule has 2 unspecified atom stereocenters. The maximum absolute atomic E-state index is 11.4. The summed E-state index contributed by atoms with van der Waals surface area (Å²) in [5, 5.41) is 22.6. The number of piperidine rings is 3. The Morgan fingerprint density at radius 2 is 1.06 bits per heavy atom. The molecule has 3 fully saturated rings. The first kappa shape index (κ1) is 29.6. The first-order chi connectivity index (χ1) is 15.7. The minimum Gasteiger partial charge on any atom is -0.330 e. The van der Waals surface area contributed by atoms with E-state index in [-0.39, 0.29) is 28.0 Å². The lowest BCUT2D eigenvalue weighted by atomic mass is 9.69. The highest BCUT2D eigenvalue weighted by molar-refractivity contribution is 5.08. The van der Waals surface area contributed by atoms with Gasteiger partial charge in [-0.15, -0.1) is 0 Å². The van der Waals surface area contributed by atoms with E-state index in [2.05, 4.69) is 4.90 Å². The van der Waals surface area contributed by atoms with Crippen molar-refractivity contribution in [3.63, 3.8) is 0 Å². The van der Waals surface area contributed by atoms with Crippen LogP contribution < -0.4 is 34.4 Å². The maximum atomic E-state index is 11.4. The van der Waals surface area contributed by atoms with Crippen LogP contribution in [-0.2, 0) is 0 Å². The van der Waals surface area contributed by atoms with E-state index >= 15 is 0 Å². The van der Waals surface area contributed by atoms with Crippen molar-refractivity contribution in [3.8, 4) is 0 Å². The van der Waals surface area contributed by atoms with E-state index in [0.29, 0.717) is 97.1 Å². The predicted molar refractivity (Wildman–Crippen MR) is 129 cm³/mol. The molecule has 0 aliphatic carbocycles. The van der Waals surface area contributed by atoms with Gasteiger partial charge in [-0.3, -0.25) is 25.1 Å². The van der Waals surface area contributed by atoms with Crippen molar-refractivity contribution in [2.45, 2.75) is 87.0 Å². The molecule has 3 aliphatic rings.